The first kappa shape index (κ1) is 15.2. The van der Waals surface area contributed by atoms with E-state index in [-0.39, 0.29) is 12.1 Å². The number of urea groups is 1. The molecular formula is C18H20N2O3. The number of hydrogen-bond donors (Lipinski definition) is 1. The van der Waals surface area contributed by atoms with Gasteiger partial charge in [0.15, 0.2) is 11.5 Å². The standard InChI is InChI=1S/C18H20N2O3/c1-12-10-13-6-4-5-7-15(13)20(12)18(21)19-14-8-9-16(22-2)17(11-14)23-3/h4-9,11-12H,10H2,1-3H3,(H,19,21)/t12-/m1/s1. The highest BCUT2D eigenvalue weighted by Crippen LogP contribution is 2.33. The number of nitrogens with zero attached hydrogens (tertiary/aromatic N) is 1. The lowest BCUT2D eigenvalue weighted by Gasteiger charge is -2.23. The predicted octanol–water partition coefficient (Wildman–Crippen LogP) is 3.69. The lowest BCUT2D eigenvalue weighted by atomic mass is 10.1. The summed E-state index contributed by atoms with van der Waals surface area (Å²) in [7, 11) is 3.15. The van der Waals surface area contributed by atoms with Crippen LogP contribution in [0.4, 0.5) is 16.2 Å². The molecule has 0 aromatic heterocycles. The van der Waals surface area contributed by atoms with Gasteiger partial charge in [0.1, 0.15) is 0 Å². The van der Waals surface area contributed by atoms with E-state index in [1.807, 2.05) is 25.1 Å². The Morgan fingerprint density at radius 1 is 1.13 bits per heavy atom. The van der Waals surface area contributed by atoms with Gasteiger partial charge in [-0.3, -0.25) is 4.90 Å². The first-order valence-corrected chi connectivity index (χ1v) is 7.54. The van der Waals surface area contributed by atoms with Crippen molar-refractivity contribution in [2.24, 2.45) is 0 Å². The summed E-state index contributed by atoms with van der Waals surface area (Å²) in [5, 5.41) is 2.93. The van der Waals surface area contributed by atoms with E-state index in [1.165, 1.54) is 5.56 Å². The number of carbonyl (C=O) groups is 1. The molecule has 2 amide bonds. The molecule has 2 aromatic rings. The molecule has 0 radical (unpaired) electrons. The van der Waals surface area contributed by atoms with Gasteiger partial charge in [-0.15, -0.1) is 0 Å². The average molecular weight is 312 g/mol. The van der Waals surface area contributed by atoms with E-state index < -0.39 is 0 Å². The summed E-state index contributed by atoms with van der Waals surface area (Å²) in [4.78, 5) is 14.5. The summed E-state index contributed by atoms with van der Waals surface area (Å²) in [5.74, 6) is 1.21. The van der Waals surface area contributed by atoms with Gasteiger partial charge in [-0.1, -0.05) is 18.2 Å². The number of ether oxygens (including phenoxy) is 2. The molecule has 2 aromatic carbocycles. The second-order valence-corrected chi connectivity index (χ2v) is 5.55. The summed E-state index contributed by atoms with van der Waals surface area (Å²) in [6.45, 7) is 2.05. The van der Waals surface area contributed by atoms with E-state index in [9.17, 15) is 4.79 Å². The van der Waals surface area contributed by atoms with Gasteiger partial charge in [-0.2, -0.15) is 0 Å². The quantitative estimate of drug-likeness (QED) is 0.940. The summed E-state index contributed by atoms with van der Waals surface area (Å²) in [6, 6.07) is 13.3. The van der Waals surface area contributed by atoms with Crippen LogP contribution in [0.1, 0.15) is 12.5 Å². The maximum absolute atomic E-state index is 12.7. The number of nitrogens with one attached hydrogen (secondary N) is 1. The molecule has 120 valence electrons. The fraction of sp³-hybridized carbons (Fsp3) is 0.278. The third-order valence-corrected chi connectivity index (χ3v) is 4.06. The second kappa shape index (κ2) is 6.20. The zero-order valence-electron chi connectivity index (χ0n) is 13.5. The molecule has 0 bridgehead atoms. The third-order valence-electron chi connectivity index (χ3n) is 4.06. The van der Waals surface area contributed by atoms with Crippen LogP contribution in [0.15, 0.2) is 42.5 Å². The normalized spacial score (nSPS) is 16.0. The lowest BCUT2D eigenvalue weighted by molar-refractivity contribution is 0.256. The molecule has 0 aliphatic carbocycles. The van der Waals surface area contributed by atoms with Crippen molar-refractivity contribution in [1.29, 1.82) is 0 Å². The Kier molecular flexibility index (Phi) is 4.10. The number of para-hydroxylation sites is 1. The second-order valence-electron chi connectivity index (χ2n) is 5.55. The Balaban J connectivity index is 1.82. The molecule has 0 unspecified atom stereocenters. The van der Waals surface area contributed by atoms with Crippen molar-refractivity contribution in [2.45, 2.75) is 19.4 Å². The SMILES string of the molecule is COc1ccc(NC(=O)N2c3ccccc3C[C@H]2C)cc1OC. The first-order valence-electron chi connectivity index (χ1n) is 7.54. The van der Waals surface area contributed by atoms with Gasteiger partial charge in [-0.25, -0.2) is 4.79 Å². The average Bonchev–Trinajstić information content (AvgIpc) is 2.90. The van der Waals surface area contributed by atoms with E-state index in [1.54, 1.807) is 37.3 Å². The number of hydrogen-bond acceptors (Lipinski definition) is 3. The Labute approximate surface area is 135 Å². The van der Waals surface area contributed by atoms with Crippen molar-refractivity contribution in [2.75, 3.05) is 24.4 Å². The monoisotopic (exact) mass is 312 g/mol. The molecule has 0 saturated carbocycles. The van der Waals surface area contributed by atoms with E-state index in [0.717, 1.165) is 12.1 Å². The summed E-state index contributed by atoms with van der Waals surface area (Å²) >= 11 is 0. The van der Waals surface area contributed by atoms with E-state index in [0.29, 0.717) is 17.2 Å². The third kappa shape index (κ3) is 2.82. The Bertz CT molecular complexity index is 730. The number of anilines is 2. The number of methoxy groups -OCH3 is 2. The molecule has 3 rings (SSSR count). The number of carbonyl (C=O) groups excluding carboxylic acids is 1. The highest BCUT2D eigenvalue weighted by molar-refractivity contribution is 6.03. The van der Waals surface area contributed by atoms with E-state index >= 15 is 0 Å². The first-order chi connectivity index (χ1) is 11.1. The van der Waals surface area contributed by atoms with Crippen LogP contribution < -0.4 is 19.7 Å². The zero-order valence-corrected chi connectivity index (χ0v) is 13.5. The molecule has 0 fully saturated rings. The van der Waals surface area contributed by atoms with Crippen molar-refractivity contribution in [3.8, 4) is 11.5 Å². The minimum atomic E-state index is -0.144. The van der Waals surface area contributed by atoms with Crippen molar-refractivity contribution in [3.05, 3.63) is 48.0 Å². The largest absolute Gasteiger partial charge is 0.493 e. The minimum Gasteiger partial charge on any atom is -0.493 e. The van der Waals surface area contributed by atoms with Crippen LogP contribution >= 0.6 is 0 Å². The van der Waals surface area contributed by atoms with Gasteiger partial charge in [0.25, 0.3) is 0 Å². The van der Waals surface area contributed by atoms with Crippen LogP contribution in [0.2, 0.25) is 0 Å². The highest BCUT2D eigenvalue weighted by atomic mass is 16.5. The molecule has 1 aliphatic rings. The topological polar surface area (TPSA) is 50.8 Å². The molecule has 1 heterocycles. The van der Waals surface area contributed by atoms with Gasteiger partial charge in [0.2, 0.25) is 0 Å². The molecule has 5 nitrogen and oxygen atoms in total. The molecular weight excluding hydrogens is 292 g/mol. The fourth-order valence-corrected chi connectivity index (χ4v) is 2.97. The van der Waals surface area contributed by atoms with Crippen LogP contribution in [0.3, 0.4) is 0 Å². The molecule has 1 N–H and O–H groups in total. The van der Waals surface area contributed by atoms with Crippen LogP contribution in [0.25, 0.3) is 0 Å². The predicted molar refractivity (Wildman–Crippen MR) is 90.7 cm³/mol. The number of benzene rings is 2. The number of amides is 2. The molecule has 0 saturated heterocycles. The molecule has 0 spiro atoms. The maximum Gasteiger partial charge on any atom is 0.326 e. The van der Waals surface area contributed by atoms with Crippen LogP contribution in [-0.4, -0.2) is 26.3 Å². The number of fused-ring (bicyclic) bond motifs is 1. The molecule has 5 heteroatoms. The molecule has 1 atom stereocenters. The van der Waals surface area contributed by atoms with Gasteiger partial charge in [0.05, 0.1) is 14.2 Å². The highest BCUT2D eigenvalue weighted by Gasteiger charge is 2.30. The van der Waals surface area contributed by atoms with Crippen molar-refractivity contribution in [3.63, 3.8) is 0 Å². The summed E-state index contributed by atoms with van der Waals surface area (Å²) in [6.07, 6.45) is 0.871. The van der Waals surface area contributed by atoms with E-state index in [2.05, 4.69) is 11.4 Å². The molecule has 1 aliphatic heterocycles. The Hall–Kier alpha value is -2.69. The Morgan fingerprint density at radius 2 is 1.87 bits per heavy atom. The maximum atomic E-state index is 12.7. The van der Waals surface area contributed by atoms with Gasteiger partial charge in [-0.05, 0) is 37.1 Å². The zero-order chi connectivity index (χ0) is 16.4. The summed E-state index contributed by atoms with van der Waals surface area (Å²) < 4.78 is 10.5. The smallest absolute Gasteiger partial charge is 0.326 e. The lowest BCUT2D eigenvalue weighted by Crippen LogP contribution is -2.39. The molecule has 23 heavy (non-hydrogen) atoms. The van der Waals surface area contributed by atoms with E-state index in [4.69, 9.17) is 9.47 Å². The van der Waals surface area contributed by atoms with Crippen molar-refractivity contribution >= 4 is 17.4 Å². The Morgan fingerprint density at radius 3 is 2.61 bits per heavy atom. The van der Waals surface area contributed by atoms with Gasteiger partial charge < -0.3 is 14.8 Å². The van der Waals surface area contributed by atoms with Crippen molar-refractivity contribution in [1.82, 2.24) is 0 Å². The summed E-state index contributed by atoms with van der Waals surface area (Å²) in [5.41, 5.74) is 2.84. The van der Waals surface area contributed by atoms with Crippen LogP contribution in [0.5, 0.6) is 11.5 Å². The fourth-order valence-electron chi connectivity index (χ4n) is 2.97. The van der Waals surface area contributed by atoms with Crippen LogP contribution in [0, 0.1) is 0 Å². The minimum absolute atomic E-state index is 0.132. The van der Waals surface area contributed by atoms with Crippen molar-refractivity contribution < 1.29 is 14.3 Å². The van der Waals surface area contributed by atoms with Crippen LogP contribution in [-0.2, 0) is 6.42 Å². The number of rotatable bonds is 3. The van der Waals surface area contributed by atoms with Gasteiger partial charge >= 0.3 is 6.03 Å². The van der Waals surface area contributed by atoms with Gasteiger partial charge in [0, 0.05) is 23.5 Å².